The van der Waals surface area contributed by atoms with Crippen molar-refractivity contribution in [3.63, 3.8) is 0 Å². The van der Waals surface area contributed by atoms with Gasteiger partial charge in [-0.15, -0.1) is 0 Å². The number of aliphatic carboxylic acids is 1. The monoisotopic (exact) mass is 614 g/mol. The number of amides is 3. The third-order valence-electron chi connectivity index (χ3n) is 5.98. The summed E-state index contributed by atoms with van der Waals surface area (Å²) < 4.78 is 31.7. The second kappa shape index (κ2) is 16.9. The molecule has 0 aliphatic rings. The second-order valence-electron chi connectivity index (χ2n) is 9.38. The van der Waals surface area contributed by atoms with Crippen molar-refractivity contribution >= 4 is 29.7 Å². The number of halogens is 3. The van der Waals surface area contributed by atoms with Gasteiger partial charge in [-0.2, -0.15) is 13.2 Å². The van der Waals surface area contributed by atoms with Crippen LogP contribution in [-0.2, 0) is 20.8 Å². The Morgan fingerprint density at radius 3 is 1.91 bits per heavy atom. The smallest absolute Gasteiger partial charge is 0.475 e. The maximum atomic E-state index is 13.2. The highest BCUT2D eigenvalue weighted by atomic mass is 19.4. The molecule has 2 atom stereocenters. The molecule has 0 radical (unpaired) electrons. The molecule has 0 spiro atoms. The molecule has 3 aromatic rings. The lowest BCUT2D eigenvalue weighted by atomic mass is 10.0. The first-order chi connectivity index (χ1) is 20.8. The third kappa shape index (κ3) is 12.2. The number of primary amides is 1. The SMILES string of the molecule is NC(=O)[C@@H](Cc1ccccc1)NC(=O)[C@@H](CCCN=C(N)N)NC(=O)c1cccc(-c2ccccc2)c1.O=C(O)C(F)(F)F. The van der Waals surface area contributed by atoms with Crippen LogP contribution >= 0.6 is 0 Å². The Bertz CT molecular complexity index is 1430. The van der Waals surface area contributed by atoms with Crippen molar-refractivity contribution in [2.75, 3.05) is 6.54 Å². The van der Waals surface area contributed by atoms with Gasteiger partial charge in [0.2, 0.25) is 11.8 Å². The number of aliphatic imine (C=N–C) groups is 1. The van der Waals surface area contributed by atoms with E-state index in [1.165, 1.54) is 0 Å². The number of rotatable bonds is 12. The van der Waals surface area contributed by atoms with E-state index < -0.39 is 42.0 Å². The average Bonchev–Trinajstić information content (AvgIpc) is 2.99. The molecule has 44 heavy (non-hydrogen) atoms. The van der Waals surface area contributed by atoms with Crippen molar-refractivity contribution in [3.05, 3.63) is 96.1 Å². The number of alkyl halides is 3. The van der Waals surface area contributed by atoms with Crippen LogP contribution in [0.2, 0.25) is 0 Å². The summed E-state index contributed by atoms with van der Waals surface area (Å²) in [6.07, 6.45) is -4.17. The molecule has 0 heterocycles. The number of carboxylic acid groups (broad SMARTS) is 1. The zero-order valence-corrected chi connectivity index (χ0v) is 23.5. The number of nitrogens with two attached hydrogens (primary N) is 3. The Morgan fingerprint density at radius 2 is 1.36 bits per heavy atom. The highest BCUT2D eigenvalue weighted by Crippen LogP contribution is 2.20. The molecule has 11 nitrogen and oxygen atoms in total. The van der Waals surface area contributed by atoms with E-state index >= 15 is 0 Å². The van der Waals surface area contributed by atoms with Crippen LogP contribution in [0.15, 0.2) is 89.9 Å². The summed E-state index contributed by atoms with van der Waals surface area (Å²) in [6.45, 7) is 0.286. The quantitative estimate of drug-likeness (QED) is 0.102. The lowest BCUT2D eigenvalue weighted by molar-refractivity contribution is -0.192. The van der Waals surface area contributed by atoms with E-state index in [1.807, 2.05) is 66.7 Å². The number of carboxylic acids is 1. The Hall–Kier alpha value is -5.40. The fourth-order valence-corrected chi connectivity index (χ4v) is 3.83. The minimum absolute atomic E-state index is 0.0561. The van der Waals surface area contributed by atoms with Gasteiger partial charge in [0.1, 0.15) is 12.1 Å². The lowest BCUT2D eigenvalue weighted by Crippen LogP contribution is -2.53. The van der Waals surface area contributed by atoms with Gasteiger partial charge in [-0.25, -0.2) is 4.79 Å². The Labute approximate surface area is 251 Å². The molecule has 0 aromatic heterocycles. The molecule has 0 aliphatic heterocycles. The molecule has 0 saturated heterocycles. The van der Waals surface area contributed by atoms with Gasteiger partial charge in [0.15, 0.2) is 5.96 Å². The number of guanidine groups is 1. The van der Waals surface area contributed by atoms with Gasteiger partial charge in [-0.3, -0.25) is 19.4 Å². The van der Waals surface area contributed by atoms with E-state index in [-0.39, 0.29) is 25.3 Å². The number of carbonyl (C=O) groups is 4. The normalized spacial score (nSPS) is 12.0. The van der Waals surface area contributed by atoms with Gasteiger partial charge >= 0.3 is 12.1 Å². The molecule has 234 valence electrons. The molecule has 0 saturated carbocycles. The summed E-state index contributed by atoms with van der Waals surface area (Å²) >= 11 is 0. The summed E-state index contributed by atoms with van der Waals surface area (Å²) in [5.74, 6) is -4.42. The van der Waals surface area contributed by atoms with Gasteiger partial charge in [-0.05, 0) is 41.7 Å². The first-order valence-corrected chi connectivity index (χ1v) is 13.2. The number of hydrogen-bond acceptors (Lipinski definition) is 5. The van der Waals surface area contributed by atoms with Gasteiger partial charge in [0.25, 0.3) is 5.91 Å². The Balaban J connectivity index is 0.000000860. The number of nitrogens with zero attached hydrogens (tertiary/aromatic N) is 1. The maximum absolute atomic E-state index is 13.2. The number of hydrogen-bond donors (Lipinski definition) is 6. The summed E-state index contributed by atoms with van der Waals surface area (Å²) in [5, 5.41) is 12.6. The van der Waals surface area contributed by atoms with E-state index in [1.54, 1.807) is 18.2 Å². The predicted molar refractivity (Wildman–Crippen MR) is 158 cm³/mol. The Morgan fingerprint density at radius 1 is 0.795 bits per heavy atom. The first-order valence-electron chi connectivity index (χ1n) is 13.2. The molecule has 0 aliphatic carbocycles. The zero-order chi connectivity index (χ0) is 32.7. The molecule has 9 N–H and O–H groups in total. The fourth-order valence-electron chi connectivity index (χ4n) is 3.83. The van der Waals surface area contributed by atoms with E-state index in [0.717, 1.165) is 16.7 Å². The molecule has 0 fully saturated rings. The molecule has 0 unspecified atom stereocenters. The van der Waals surface area contributed by atoms with Crippen LogP contribution < -0.4 is 27.8 Å². The number of benzene rings is 3. The molecule has 3 amide bonds. The Kier molecular flexibility index (Phi) is 13.4. The van der Waals surface area contributed by atoms with Crippen molar-refractivity contribution in [1.82, 2.24) is 10.6 Å². The van der Waals surface area contributed by atoms with Gasteiger partial charge in [-0.1, -0.05) is 72.8 Å². The van der Waals surface area contributed by atoms with Gasteiger partial charge in [0, 0.05) is 18.5 Å². The minimum atomic E-state index is -5.08. The van der Waals surface area contributed by atoms with Crippen molar-refractivity contribution < 1.29 is 37.5 Å². The molecule has 3 rings (SSSR count). The topological polar surface area (TPSA) is 203 Å². The summed E-state index contributed by atoms with van der Waals surface area (Å²) in [4.78, 5) is 51.3. The standard InChI is InChI=1S/C28H32N6O3.C2HF3O2/c29-25(35)24(17-19-9-3-1-4-10-19)34-27(37)23(15-8-16-32-28(30)31)33-26(36)22-14-7-13-21(18-22)20-11-5-2-6-12-20;3-2(4,5)1(6)7/h1-7,9-14,18,23-24H,8,15-17H2,(H2,29,35)(H,33,36)(H,34,37)(H4,30,31,32);(H,6,7)/t23-,24-;/m1./s1. The lowest BCUT2D eigenvalue weighted by Gasteiger charge is -2.22. The predicted octanol–water partition coefficient (Wildman–Crippen LogP) is 2.35. The van der Waals surface area contributed by atoms with Crippen molar-refractivity contribution in [1.29, 1.82) is 0 Å². The summed E-state index contributed by atoms with van der Waals surface area (Å²) in [5.41, 5.74) is 19.4. The van der Waals surface area contributed by atoms with Crippen LogP contribution in [0.3, 0.4) is 0 Å². The van der Waals surface area contributed by atoms with E-state index in [0.29, 0.717) is 12.0 Å². The van der Waals surface area contributed by atoms with Crippen LogP contribution in [0.25, 0.3) is 11.1 Å². The minimum Gasteiger partial charge on any atom is -0.475 e. The zero-order valence-electron chi connectivity index (χ0n) is 23.5. The number of nitrogens with one attached hydrogen (secondary N) is 2. The molecule has 0 bridgehead atoms. The summed E-state index contributed by atoms with van der Waals surface area (Å²) in [7, 11) is 0. The van der Waals surface area contributed by atoms with Crippen LogP contribution in [-0.4, -0.2) is 59.6 Å². The van der Waals surface area contributed by atoms with Gasteiger partial charge < -0.3 is 32.9 Å². The molecular weight excluding hydrogens is 581 g/mol. The maximum Gasteiger partial charge on any atom is 0.490 e. The summed E-state index contributed by atoms with van der Waals surface area (Å²) in [6, 6.07) is 24.2. The van der Waals surface area contributed by atoms with Crippen molar-refractivity contribution in [2.45, 2.75) is 37.5 Å². The van der Waals surface area contributed by atoms with E-state index in [4.69, 9.17) is 27.1 Å². The fraction of sp³-hybridized carbons (Fsp3) is 0.233. The van der Waals surface area contributed by atoms with Gasteiger partial charge in [0.05, 0.1) is 0 Å². The van der Waals surface area contributed by atoms with Crippen LogP contribution in [0.4, 0.5) is 13.2 Å². The molecule has 14 heteroatoms. The second-order valence-corrected chi connectivity index (χ2v) is 9.38. The van der Waals surface area contributed by atoms with Crippen LogP contribution in [0.1, 0.15) is 28.8 Å². The average molecular weight is 615 g/mol. The largest absolute Gasteiger partial charge is 0.490 e. The molecular formula is C30H33F3N6O5. The van der Waals surface area contributed by atoms with Crippen LogP contribution in [0.5, 0.6) is 0 Å². The van der Waals surface area contributed by atoms with Crippen molar-refractivity contribution in [2.24, 2.45) is 22.2 Å². The first kappa shape index (κ1) is 34.8. The highest BCUT2D eigenvalue weighted by Gasteiger charge is 2.38. The van der Waals surface area contributed by atoms with Crippen LogP contribution in [0, 0.1) is 0 Å². The van der Waals surface area contributed by atoms with E-state index in [2.05, 4.69) is 15.6 Å². The van der Waals surface area contributed by atoms with E-state index in [9.17, 15) is 27.6 Å². The molecule has 3 aromatic carbocycles. The highest BCUT2D eigenvalue weighted by molar-refractivity contribution is 5.99. The third-order valence-corrected chi connectivity index (χ3v) is 5.98. The van der Waals surface area contributed by atoms with Crippen molar-refractivity contribution in [3.8, 4) is 11.1 Å². The number of carbonyl (C=O) groups excluding carboxylic acids is 3.